The molecular weight excluding hydrogens is 390 g/mol. The van der Waals surface area contributed by atoms with Crippen molar-refractivity contribution in [1.82, 2.24) is 0 Å². The van der Waals surface area contributed by atoms with Crippen LogP contribution in [0.5, 0.6) is 5.75 Å². The molecule has 0 unspecified atom stereocenters. The first kappa shape index (κ1) is 22.1. The summed E-state index contributed by atoms with van der Waals surface area (Å²) in [7, 11) is 0. The van der Waals surface area contributed by atoms with Crippen LogP contribution < -0.4 is 10.1 Å². The largest absolute Gasteiger partial charge is 0.489 e. The van der Waals surface area contributed by atoms with Crippen LogP contribution in [0.1, 0.15) is 30.4 Å². The molecule has 0 aliphatic heterocycles. The van der Waals surface area contributed by atoms with Crippen LogP contribution in [-0.4, -0.2) is 18.5 Å². The molecule has 0 bridgehead atoms. The van der Waals surface area contributed by atoms with Gasteiger partial charge >= 0.3 is 5.97 Å². The highest BCUT2D eigenvalue weighted by molar-refractivity contribution is 5.92. The molecule has 0 heterocycles. The molecule has 0 spiro atoms. The Hall–Kier alpha value is -3.60. The van der Waals surface area contributed by atoms with Gasteiger partial charge in [-0.3, -0.25) is 9.59 Å². The number of aryl methyl sites for hydroxylation is 1. The van der Waals surface area contributed by atoms with Crippen molar-refractivity contribution < 1.29 is 19.1 Å². The summed E-state index contributed by atoms with van der Waals surface area (Å²) >= 11 is 0. The average Bonchev–Trinajstić information content (AvgIpc) is 2.81. The summed E-state index contributed by atoms with van der Waals surface area (Å²) in [4.78, 5) is 23.9. The van der Waals surface area contributed by atoms with E-state index < -0.39 is 0 Å². The zero-order valence-electron chi connectivity index (χ0n) is 17.5. The van der Waals surface area contributed by atoms with Crippen LogP contribution in [0.2, 0.25) is 0 Å². The average molecular weight is 418 g/mol. The molecule has 0 aliphatic carbocycles. The molecule has 5 heteroatoms. The third-order valence-electron chi connectivity index (χ3n) is 4.66. The maximum Gasteiger partial charge on any atom is 0.306 e. The summed E-state index contributed by atoms with van der Waals surface area (Å²) in [5, 5.41) is 2.78. The van der Waals surface area contributed by atoms with Gasteiger partial charge < -0.3 is 14.8 Å². The van der Waals surface area contributed by atoms with E-state index in [9.17, 15) is 9.59 Å². The van der Waals surface area contributed by atoms with Gasteiger partial charge in [-0.05, 0) is 48.2 Å². The summed E-state index contributed by atoms with van der Waals surface area (Å²) in [5.74, 6) is 0.146. The maximum atomic E-state index is 12.1. The van der Waals surface area contributed by atoms with Gasteiger partial charge in [0.1, 0.15) is 12.4 Å². The predicted octanol–water partition coefficient (Wildman–Crippen LogP) is 5.16. The Bertz CT molecular complexity index is 940. The first-order chi connectivity index (χ1) is 15.2. The number of carbonyl (C=O) groups is 2. The molecule has 0 aromatic heterocycles. The highest BCUT2D eigenvalue weighted by Crippen LogP contribution is 2.17. The van der Waals surface area contributed by atoms with Gasteiger partial charge in [-0.25, -0.2) is 0 Å². The van der Waals surface area contributed by atoms with E-state index in [1.165, 1.54) is 5.56 Å². The van der Waals surface area contributed by atoms with Crippen LogP contribution in [-0.2, 0) is 27.4 Å². The molecule has 5 nitrogen and oxygen atoms in total. The zero-order valence-corrected chi connectivity index (χ0v) is 17.5. The van der Waals surface area contributed by atoms with Gasteiger partial charge in [-0.1, -0.05) is 60.7 Å². The van der Waals surface area contributed by atoms with Gasteiger partial charge in [-0.15, -0.1) is 0 Å². The molecule has 1 N–H and O–H groups in total. The van der Waals surface area contributed by atoms with Crippen molar-refractivity contribution in [2.45, 2.75) is 32.3 Å². The van der Waals surface area contributed by atoms with Gasteiger partial charge in [0, 0.05) is 12.1 Å². The van der Waals surface area contributed by atoms with Crippen LogP contribution in [0, 0.1) is 0 Å². The molecule has 0 atom stereocenters. The number of anilines is 1. The van der Waals surface area contributed by atoms with Crippen molar-refractivity contribution in [2.75, 3.05) is 11.9 Å². The fourth-order valence-electron chi connectivity index (χ4n) is 2.99. The fraction of sp³-hybridized carbons (Fsp3) is 0.231. The summed E-state index contributed by atoms with van der Waals surface area (Å²) < 4.78 is 10.9. The van der Waals surface area contributed by atoms with Gasteiger partial charge in [0.15, 0.2) is 0 Å². The first-order valence-corrected chi connectivity index (χ1v) is 10.5. The highest BCUT2D eigenvalue weighted by Gasteiger charge is 2.09. The summed E-state index contributed by atoms with van der Waals surface area (Å²) in [6, 6.07) is 27.1. The number of nitrogens with one attached hydrogen (secondary N) is 1. The molecule has 1 amide bonds. The molecule has 160 valence electrons. The van der Waals surface area contributed by atoms with E-state index in [-0.39, 0.29) is 24.7 Å². The molecule has 3 rings (SSSR count). The second kappa shape index (κ2) is 12.2. The summed E-state index contributed by atoms with van der Waals surface area (Å²) in [6.45, 7) is 0.847. The number of hydrogen-bond donors (Lipinski definition) is 1. The lowest BCUT2D eigenvalue weighted by Crippen LogP contribution is -2.15. The van der Waals surface area contributed by atoms with E-state index >= 15 is 0 Å². The lowest BCUT2D eigenvalue weighted by Gasteiger charge is -2.09. The van der Waals surface area contributed by atoms with Gasteiger partial charge in [-0.2, -0.15) is 0 Å². The molecule has 3 aromatic carbocycles. The van der Waals surface area contributed by atoms with E-state index in [1.807, 2.05) is 60.7 Å². The Morgan fingerprint density at radius 3 is 2.06 bits per heavy atom. The maximum absolute atomic E-state index is 12.1. The van der Waals surface area contributed by atoms with Crippen LogP contribution >= 0.6 is 0 Å². The Labute approximate surface area is 183 Å². The van der Waals surface area contributed by atoms with Crippen LogP contribution in [0.3, 0.4) is 0 Å². The second-order valence-electron chi connectivity index (χ2n) is 7.16. The minimum absolute atomic E-state index is 0.0649. The molecule has 0 fully saturated rings. The predicted molar refractivity (Wildman–Crippen MR) is 121 cm³/mol. The Morgan fingerprint density at radius 2 is 1.39 bits per heavy atom. The standard InChI is InChI=1S/C26H27NO4/c28-25(17-18-26(29)30-19-7-12-21-8-3-1-4-9-21)27-23-13-15-24(16-14-23)31-20-22-10-5-2-6-11-22/h1-6,8-11,13-16H,7,12,17-20H2,(H,27,28). The summed E-state index contributed by atoms with van der Waals surface area (Å²) in [6.07, 6.45) is 1.78. The quantitative estimate of drug-likeness (QED) is 0.346. The van der Waals surface area contributed by atoms with Crippen molar-refractivity contribution in [3.05, 3.63) is 96.1 Å². The zero-order chi connectivity index (χ0) is 21.7. The van der Waals surface area contributed by atoms with Gasteiger partial charge in [0.2, 0.25) is 5.91 Å². The van der Waals surface area contributed by atoms with Crippen molar-refractivity contribution in [1.29, 1.82) is 0 Å². The SMILES string of the molecule is O=C(CCC(=O)OCCCc1ccccc1)Nc1ccc(OCc2ccccc2)cc1. The number of rotatable bonds is 11. The topological polar surface area (TPSA) is 64.6 Å². The summed E-state index contributed by atoms with van der Waals surface area (Å²) in [5.41, 5.74) is 2.97. The van der Waals surface area contributed by atoms with Crippen LogP contribution in [0.25, 0.3) is 0 Å². The minimum Gasteiger partial charge on any atom is -0.489 e. The first-order valence-electron chi connectivity index (χ1n) is 10.5. The number of ether oxygens (including phenoxy) is 2. The van der Waals surface area contributed by atoms with Gasteiger partial charge in [0.05, 0.1) is 13.0 Å². The van der Waals surface area contributed by atoms with E-state index in [4.69, 9.17) is 9.47 Å². The van der Waals surface area contributed by atoms with Crippen molar-refractivity contribution in [2.24, 2.45) is 0 Å². The fourth-order valence-corrected chi connectivity index (χ4v) is 2.99. The molecule has 0 saturated carbocycles. The molecule has 31 heavy (non-hydrogen) atoms. The third-order valence-corrected chi connectivity index (χ3v) is 4.66. The lowest BCUT2D eigenvalue weighted by molar-refractivity contribution is -0.144. The third kappa shape index (κ3) is 8.34. The van der Waals surface area contributed by atoms with E-state index in [1.54, 1.807) is 24.3 Å². The van der Waals surface area contributed by atoms with Crippen molar-refractivity contribution in [3.8, 4) is 5.75 Å². The van der Waals surface area contributed by atoms with Crippen LogP contribution in [0.15, 0.2) is 84.9 Å². The van der Waals surface area contributed by atoms with E-state index in [0.717, 1.165) is 24.2 Å². The molecule has 0 saturated heterocycles. The second-order valence-corrected chi connectivity index (χ2v) is 7.16. The molecule has 3 aromatic rings. The van der Waals surface area contributed by atoms with Crippen molar-refractivity contribution >= 4 is 17.6 Å². The monoisotopic (exact) mass is 417 g/mol. The number of amides is 1. The van der Waals surface area contributed by atoms with Crippen LogP contribution in [0.4, 0.5) is 5.69 Å². The van der Waals surface area contributed by atoms with E-state index in [0.29, 0.717) is 18.9 Å². The Kier molecular flexibility index (Phi) is 8.68. The number of carbonyl (C=O) groups excluding carboxylic acids is 2. The molecular formula is C26H27NO4. The normalized spacial score (nSPS) is 10.3. The Balaban J connectivity index is 1.30. The van der Waals surface area contributed by atoms with Gasteiger partial charge in [0.25, 0.3) is 0 Å². The highest BCUT2D eigenvalue weighted by atomic mass is 16.5. The molecule has 0 radical (unpaired) electrons. The smallest absolute Gasteiger partial charge is 0.306 e. The van der Waals surface area contributed by atoms with Crippen molar-refractivity contribution in [3.63, 3.8) is 0 Å². The Morgan fingerprint density at radius 1 is 0.742 bits per heavy atom. The lowest BCUT2D eigenvalue weighted by atomic mass is 10.1. The number of esters is 1. The van der Waals surface area contributed by atoms with E-state index in [2.05, 4.69) is 5.32 Å². The number of hydrogen-bond acceptors (Lipinski definition) is 4. The number of benzene rings is 3. The minimum atomic E-state index is -0.354. The molecule has 0 aliphatic rings.